The third-order valence-electron chi connectivity index (χ3n) is 4.41. The molecule has 1 unspecified atom stereocenters. The summed E-state index contributed by atoms with van der Waals surface area (Å²) in [6.07, 6.45) is 2.15. The van der Waals surface area contributed by atoms with E-state index in [0.717, 1.165) is 25.9 Å². The van der Waals surface area contributed by atoms with Crippen LogP contribution in [0.4, 0.5) is 0 Å². The SMILES string of the molecule is CCN(CC)C(=O)C(CN)C1(c2ccccc2)CC1. The van der Waals surface area contributed by atoms with Gasteiger partial charge < -0.3 is 10.6 Å². The molecule has 1 aromatic carbocycles. The van der Waals surface area contributed by atoms with Crippen molar-refractivity contribution in [3.8, 4) is 0 Å². The lowest BCUT2D eigenvalue weighted by Crippen LogP contribution is -2.44. The zero-order valence-corrected chi connectivity index (χ0v) is 11.9. The minimum absolute atomic E-state index is 0.00428. The number of amides is 1. The molecule has 1 fully saturated rings. The minimum Gasteiger partial charge on any atom is -0.343 e. The highest BCUT2D eigenvalue weighted by atomic mass is 16.2. The normalized spacial score (nSPS) is 17.8. The molecule has 1 aliphatic rings. The predicted molar refractivity (Wildman–Crippen MR) is 77.8 cm³/mol. The Morgan fingerprint density at radius 3 is 2.26 bits per heavy atom. The fourth-order valence-corrected chi connectivity index (χ4v) is 3.06. The first-order valence-electron chi connectivity index (χ1n) is 7.24. The predicted octanol–water partition coefficient (Wildman–Crippen LogP) is 2.16. The molecule has 0 aliphatic heterocycles. The summed E-state index contributed by atoms with van der Waals surface area (Å²) < 4.78 is 0. The average Bonchev–Trinajstić information content (AvgIpc) is 3.24. The lowest BCUT2D eigenvalue weighted by atomic mass is 9.81. The minimum atomic E-state index is -0.0743. The van der Waals surface area contributed by atoms with E-state index in [1.54, 1.807) is 0 Å². The van der Waals surface area contributed by atoms with Gasteiger partial charge in [-0.1, -0.05) is 30.3 Å². The summed E-state index contributed by atoms with van der Waals surface area (Å²) >= 11 is 0. The lowest BCUT2D eigenvalue weighted by Gasteiger charge is -2.30. The van der Waals surface area contributed by atoms with Gasteiger partial charge in [0.05, 0.1) is 5.92 Å². The van der Waals surface area contributed by atoms with E-state index in [9.17, 15) is 4.79 Å². The first kappa shape index (κ1) is 14.1. The van der Waals surface area contributed by atoms with E-state index in [1.807, 2.05) is 36.9 Å². The molecule has 0 aromatic heterocycles. The summed E-state index contributed by atoms with van der Waals surface area (Å²) in [4.78, 5) is 14.5. The molecule has 1 saturated carbocycles. The zero-order chi connectivity index (χ0) is 13.9. The van der Waals surface area contributed by atoms with Crippen molar-refractivity contribution < 1.29 is 4.79 Å². The maximum atomic E-state index is 12.6. The fourth-order valence-electron chi connectivity index (χ4n) is 3.06. The Balaban J connectivity index is 2.25. The van der Waals surface area contributed by atoms with Gasteiger partial charge in [0.15, 0.2) is 0 Å². The number of benzene rings is 1. The molecule has 0 spiro atoms. The van der Waals surface area contributed by atoms with Crippen molar-refractivity contribution in [2.45, 2.75) is 32.1 Å². The Labute approximate surface area is 115 Å². The van der Waals surface area contributed by atoms with Crippen molar-refractivity contribution >= 4 is 5.91 Å². The Morgan fingerprint density at radius 1 is 1.26 bits per heavy atom. The van der Waals surface area contributed by atoms with Gasteiger partial charge in [0.2, 0.25) is 5.91 Å². The van der Waals surface area contributed by atoms with Crippen LogP contribution < -0.4 is 5.73 Å². The van der Waals surface area contributed by atoms with Crippen molar-refractivity contribution in [3.63, 3.8) is 0 Å². The first-order chi connectivity index (χ1) is 9.19. The maximum absolute atomic E-state index is 12.6. The van der Waals surface area contributed by atoms with Crippen molar-refractivity contribution in [2.75, 3.05) is 19.6 Å². The molecule has 0 saturated heterocycles. The highest BCUT2D eigenvalue weighted by Gasteiger charge is 2.53. The van der Waals surface area contributed by atoms with E-state index >= 15 is 0 Å². The fraction of sp³-hybridized carbons (Fsp3) is 0.562. The number of hydrogen-bond donors (Lipinski definition) is 1. The number of nitrogens with zero attached hydrogens (tertiary/aromatic N) is 1. The number of rotatable bonds is 6. The average molecular weight is 260 g/mol. The van der Waals surface area contributed by atoms with Crippen LogP contribution in [-0.4, -0.2) is 30.4 Å². The molecule has 1 amide bonds. The molecular formula is C16H24N2O. The molecular weight excluding hydrogens is 236 g/mol. The Kier molecular flexibility index (Phi) is 4.25. The number of carbonyl (C=O) groups excluding carboxylic acids is 1. The second-order valence-corrected chi connectivity index (χ2v) is 5.32. The van der Waals surface area contributed by atoms with Crippen LogP contribution in [-0.2, 0) is 10.2 Å². The monoisotopic (exact) mass is 260 g/mol. The van der Waals surface area contributed by atoms with Crippen LogP contribution >= 0.6 is 0 Å². The Morgan fingerprint density at radius 2 is 1.84 bits per heavy atom. The number of hydrogen-bond acceptors (Lipinski definition) is 2. The van der Waals surface area contributed by atoms with Crippen molar-refractivity contribution in [1.82, 2.24) is 4.90 Å². The Bertz CT molecular complexity index is 422. The molecule has 1 aliphatic carbocycles. The summed E-state index contributed by atoms with van der Waals surface area (Å²) in [5.74, 6) is 0.142. The van der Waals surface area contributed by atoms with E-state index in [0.29, 0.717) is 6.54 Å². The third kappa shape index (κ3) is 2.52. The molecule has 1 aromatic rings. The van der Waals surface area contributed by atoms with Crippen molar-refractivity contribution in [1.29, 1.82) is 0 Å². The topological polar surface area (TPSA) is 46.3 Å². The standard InChI is InChI=1S/C16H24N2O/c1-3-18(4-2)15(19)14(12-17)16(10-11-16)13-8-6-5-7-9-13/h5-9,14H,3-4,10-12,17H2,1-2H3. The van der Waals surface area contributed by atoms with E-state index < -0.39 is 0 Å². The molecule has 0 bridgehead atoms. The van der Waals surface area contributed by atoms with Gasteiger partial charge in [0, 0.05) is 25.0 Å². The van der Waals surface area contributed by atoms with Crippen LogP contribution in [0.3, 0.4) is 0 Å². The summed E-state index contributed by atoms with van der Waals surface area (Å²) in [7, 11) is 0. The van der Waals surface area contributed by atoms with Gasteiger partial charge >= 0.3 is 0 Å². The van der Waals surface area contributed by atoms with Gasteiger partial charge in [-0.15, -0.1) is 0 Å². The lowest BCUT2D eigenvalue weighted by molar-refractivity contribution is -0.136. The van der Waals surface area contributed by atoms with E-state index in [4.69, 9.17) is 5.73 Å². The summed E-state index contributed by atoms with van der Waals surface area (Å²) in [5.41, 5.74) is 7.20. The Hall–Kier alpha value is -1.35. The van der Waals surface area contributed by atoms with Gasteiger partial charge in [-0.3, -0.25) is 4.79 Å². The van der Waals surface area contributed by atoms with E-state index in [-0.39, 0.29) is 17.2 Å². The van der Waals surface area contributed by atoms with E-state index in [1.165, 1.54) is 5.56 Å². The van der Waals surface area contributed by atoms with Gasteiger partial charge in [-0.05, 0) is 32.3 Å². The number of carbonyl (C=O) groups is 1. The molecule has 3 nitrogen and oxygen atoms in total. The first-order valence-corrected chi connectivity index (χ1v) is 7.24. The van der Waals surface area contributed by atoms with Gasteiger partial charge in [0.25, 0.3) is 0 Å². The van der Waals surface area contributed by atoms with Crippen LogP contribution in [0.2, 0.25) is 0 Å². The summed E-state index contributed by atoms with van der Waals surface area (Å²) in [6, 6.07) is 10.4. The molecule has 104 valence electrons. The van der Waals surface area contributed by atoms with Crippen molar-refractivity contribution in [3.05, 3.63) is 35.9 Å². The maximum Gasteiger partial charge on any atom is 0.227 e. The van der Waals surface area contributed by atoms with Crippen LogP contribution in [0.25, 0.3) is 0 Å². The molecule has 19 heavy (non-hydrogen) atoms. The molecule has 2 N–H and O–H groups in total. The van der Waals surface area contributed by atoms with Crippen LogP contribution in [0.15, 0.2) is 30.3 Å². The number of nitrogens with two attached hydrogens (primary N) is 1. The molecule has 0 radical (unpaired) electrons. The van der Waals surface area contributed by atoms with Gasteiger partial charge in [-0.25, -0.2) is 0 Å². The van der Waals surface area contributed by atoms with Crippen LogP contribution in [0, 0.1) is 5.92 Å². The van der Waals surface area contributed by atoms with Gasteiger partial charge in [-0.2, -0.15) is 0 Å². The zero-order valence-electron chi connectivity index (χ0n) is 11.9. The largest absolute Gasteiger partial charge is 0.343 e. The van der Waals surface area contributed by atoms with Crippen molar-refractivity contribution in [2.24, 2.45) is 11.7 Å². The van der Waals surface area contributed by atoms with Crippen LogP contribution in [0.1, 0.15) is 32.3 Å². The second-order valence-electron chi connectivity index (χ2n) is 5.32. The highest BCUT2D eigenvalue weighted by molar-refractivity contribution is 5.81. The summed E-state index contributed by atoms with van der Waals surface area (Å²) in [6.45, 7) is 6.01. The van der Waals surface area contributed by atoms with Crippen LogP contribution in [0.5, 0.6) is 0 Å². The highest BCUT2D eigenvalue weighted by Crippen LogP contribution is 2.54. The second kappa shape index (κ2) is 5.74. The third-order valence-corrected chi connectivity index (χ3v) is 4.41. The molecule has 1 atom stereocenters. The van der Waals surface area contributed by atoms with Gasteiger partial charge in [0.1, 0.15) is 0 Å². The summed E-state index contributed by atoms with van der Waals surface area (Å²) in [5, 5.41) is 0. The quantitative estimate of drug-likeness (QED) is 0.852. The molecule has 0 heterocycles. The molecule has 3 heteroatoms. The van der Waals surface area contributed by atoms with E-state index in [2.05, 4.69) is 12.1 Å². The molecule has 2 rings (SSSR count). The smallest absolute Gasteiger partial charge is 0.227 e.